The summed E-state index contributed by atoms with van der Waals surface area (Å²) in [6.07, 6.45) is 3.23. The van der Waals surface area contributed by atoms with E-state index in [1.54, 1.807) is 6.07 Å². The Labute approximate surface area is 95.9 Å². The van der Waals surface area contributed by atoms with Crippen LogP contribution in [0.3, 0.4) is 0 Å². The smallest absolute Gasteiger partial charge is 0.229 e. The second-order valence-electron chi connectivity index (χ2n) is 4.40. The lowest BCUT2D eigenvalue weighted by molar-refractivity contribution is 0.606. The molecule has 2 rings (SSSR count). The van der Waals surface area contributed by atoms with Crippen LogP contribution in [0.4, 0.5) is 5.69 Å². The number of nitrogens with two attached hydrogens (primary N) is 1. The van der Waals surface area contributed by atoms with Gasteiger partial charge in [-0.2, -0.15) is 0 Å². The summed E-state index contributed by atoms with van der Waals surface area (Å²) < 4.78 is 25.0. The van der Waals surface area contributed by atoms with Gasteiger partial charge in [-0.25, -0.2) is 8.42 Å². The van der Waals surface area contributed by atoms with Crippen LogP contribution in [0.2, 0.25) is 0 Å². The molecule has 0 bridgehead atoms. The SMILES string of the molecule is CS(=O)(=O)Nc1ccccc1C1(CN)CC1. The lowest BCUT2D eigenvalue weighted by atomic mass is 9.95. The molecule has 0 saturated heterocycles. The van der Waals surface area contributed by atoms with Crippen molar-refractivity contribution in [3.63, 3.8) is 0 Å². The number of hydrogen-bond donors (Lipinski definition) is 2. The number of rotatable bonds is 4. The van der Waals surface area contributed by atoms with Crippen LogP contribution in [0.25, 0.3) is 0 Å². The molecule has 1 aliphatic rings. The average Bonchev–Trinajstić information content (AvgIpc) is 2.97. The van der Waals surface area contributed by atoms with E-state index in [0.29, 0.717) is 12.2 Å². The van der Waals surface area contributed by atoms with E-state index in [2.05, 4.69) is 4.72 Å². The highest BCUT2D eigenvalue weighted by Crippen LogP contribution is 2.49. The first-order valence-corrected chi connectivity index (χ1v) is 7.13. The molecular weight excluding hydrogens is 224 g/mol. The Hall–Kier alpha value is -1.07. The average molecular weight is 240 g/mol. The molecule has 4 nitrogen and oxygen atoms in total. The molecule has 0 atom stereocenters. The number of para-hydroxylation sites is 1. The minimum atomic E-state index is -3.23. The Morgan fingerprint density at radius 1 is 1.38 bits per heavy atom. The zero-order chi connectivity index (χ0) is 11.8. The van der Waals surface area contributed by atoms with Crippen LogP contribution in [0.15, 0.2) is 24.3 Å². The van der Waals surface area contributed by atoms with E-state index < -0.39 is 10.0 Å². The fraction of sp³-hybridized carbons (Fsp3) is 0.455. The zero-order valence-electron chi connectivity index (χ0n) is 9.23. The number of anilines is 1. The van der Waals surface area contributed by atoms with Crippen LogP contribution in [0, 0.1) is 0 Å². The van der Waals surface area contributed by atoms with Crippen molar-refractivity contribution < 1.29 is 8.42 Å². The molecule has 16 heavy (non-hydrogen) atoms. The summed E-state index contributed by atoms with van der Waals surface area (Å²) in [7, 11) is -3.23. The highest BCUT2D eigenvalue weighted by molar-refractivity contribution is 7.92. The Bertz CT molecular complexity index is 492. The molecule has 0 heterocycles. The van der Waals surface area contributed by atoms with Crippen molar-refractivity contribution in [3.05, 3.63) is 29.8 Å². The monoisotopic (exact) mass is 240 g/mol. The first kappa shape index (κ1) is 11.4. The van der Waals surface area contributed by atoms with Gasteiger partial charge in [0.2, 0.25) is 10.0 Å². The number of nitrogens with one attached hydrogen (secondary N) is 1. The fourth-order valence-electron chi connectivity index (χ4n) is 1.97. The van der Waals surface area contributed by atoms with Crippen LogP contribution in [-0.4, -0.2) is 21.2 Å². The van der Waals surface area contributed by atoms with Gasteiger partial charge >= 0.3 is 0 Å². The van der Waals surface area contributed by atoms with Gasteiger partial charge in [0.15, 0.2) is 0 Å². The van der Waals surface area contributed by atoms with Crippen molar-refractivity contribution in [2.24, 2.45) is 5.73 Å². The molecular formula is C11H16N2O2S. The second kappa shape index (κ2) is 3.75. The summed E-state index contributed by atoms with van der Waals surface area (Å²) in [5, 5.41) is 0. The van der Waals surface area contributed by atoms with Gasteiger partial charge in [0, 0.05) is 12.0 Å². The van der Waals surface area contributed by atoms with E-state index in [9.17, 15) is 8.42 Å². The highest BCUT2D eigenvalue weighted by atomic mass is 32.2. The van der Waals surface area contributed by atoms with Gasteiger partial charge in [-0.3, -0.25) is 4.72 Å². The standard InChI is InChI=1S/C11H16N2O2S/c1-16(14,15)13-10-5-3-2-4-9(10)11(8-12)6-7-11/h2-5,13H,6-8,12H2,1H3. The molecule has 0 unspecified atom stereocenters. The van der Waals surface area contributed by atoms with Gasteiger partial charge in [0.1, 0.15) is 0 Å². The molecule has 88 valence electrons. The first-order chi connectivity index (χ1) is 7.47. The van der Waals surface area contributed by atoms with Crippen molar-refractivity contribution >= 4 is 15.7 Å². The fourth-order valence-corrected chi connectivity index (χ4v) is 2.55. The largest absolute Gasteiger partial charge is 0.330 e. The molecule has 0 radical (unpaired) electrons. The summed E-state index contributed by atoms with van der Waals surface area (Å²) in [6, 6.07) is 7.47. The summed E-state index contributed by atoms with van der Waals surface area (Å²) in [4.78, 5) is 0. The Morgan fingerprint density at radius 2 is 2.00 bits per heavy atom. The maximum absolute atomic E-state index is 11.2. The van der Waals surface area contributed by atoms with Gasteiger partial charge < -0.3 is 5.73 Å². The van der Waals surface area contributed by atoms with Gasteiger partial charge in [-0.1, -0.05) is 18.2 Å². The van der Waals surface area contributed by atoms with Crippen LogP contribution in [0.1, 0.15) is 18.4 Å². The molecule has 1 aliphatic carbocycles. The van der Waals surface area contributed by atoms with E-state index >= 15 is 0 Å². The molecule has 0 aliphatic heterocycles. The third-order valence-electron chi connectivity index (χ3n) is 3.04. The van der Waals surface area contributed by atoms with Gasteiger partial charge in [0.05, 0.1) is 11.9 Å². The van der Waals surface area contributed by atoms with Crippen LogP contribution >= 0.6 is 0 Å². The molecule has 3 N–H and O–H groups in total. The number of hydrogen-bond acceptors (Lipinski definition) is 3. The van der Waals surface area contributed by atoms with E-state index in [4.69, 9.17) is 5.73 Å². The maximum Gasteiger partial charge on any atom is 0.229 e. The number of benzene rings is 1. The Morgan fingerprint density at radius 3 is 2.50 bits per heavy atom. The van der Waals surface area contributed by atoms with Crippen LogP contribution < -0.4 is 10.5 Å². The Kier molecular flexibility index (Phi) is 2.67. The normalized spacial score (nSPS) is 18.1. The molecule has 0 spiro atoms. The van der Waals surface area contributed by atoms with E-state index in [1.165, 1.54) is 0 Å². The quantitative estimate of drug-likeness (QED) is 0.826. The lowest BCUT2D eigenvalue weighted by Gasteiger charge is -2.17. The Balaban J connectivity index is 2.39. The molecule has 0 aromatic heterocycles. The van der Waals surface area contributed by atoms with Crippen LogP contribution in [-0.2, 0) is 15.4 Å². The molecule has 1 fully saturated rings. The van der Waals surface area contributed by atoms with Crippen molar-refractivity contribution in [2.75, 3.05) is 17.5 Å². The van der Waals surface area contributed by atoms with Crippen molar-refractivity contribution in [3.8, 4) is 0 Å². The summed E-state index contributed by atoms with van der Waals surface area (Å²) in [5.41, 5.74) is 7.43. The van der Waals surface area contributed by atoms with Crippen molar-refractivity contribution in [1.29, 1.82) is 0 Å². The predicted molar refractivity (Wildman–Crippen MR) is 64.9 cm³/mol. The topological polar surface area (TPSA) is 72.2 Å². The third-order valence-corrected chi connectivity index (χ3v) is 3.63. The van der Waals surface area contributed by atoms with Crippen molar-refractivity contribution in [2.45, 2.75) is 18.3 Å². The van der Waals surface area contributed by atoms with Crippen molar-refractivity contribution in [1.82, 2.24) is 0 Å². The molecule has 1 saturated carbocycles. The lowest BCUT2D eigenvalue weighted by Crippen LogP contribution is -2.22. The molecule has 0 amide bonds. The maximum atomic E-state index is 11.2. The molecule has 5 heteroatoms. The first-order valence-electron chi connectivity index (χ1n) is 5.24. The van der Waals surface area contributed by atoms with Gasteiger partial charge in [-0.15, -0.1) is 0 Å². The van der Waals surface area contributed by atoms with E-state index in [-0.39, 0.29) is 5.41 Å². The van der Waals surface area contributed by atoms with Crippen LogP contribution in [0.5, 0.6) is 0 Å². The predicted octanol–water partition coefficient (Wildman–Crippen LogP) is 1.05. The van der Waals surface area contributed by atoms with E-state index in [0.717, 1.165) is 24.7 Å². The summed E-state index contributed by atoms with van der Waals surface area (Å²) >= 11 is 0. The van der Waals surface area contributed by atoms with Gasteiger partial charge in [-0.05, 0) is 24.5 Å². The minimum absolute atomic E-state index is 0.00567. The zero-order valence-corrected chi connectivity index (χ0v) is 10.0. The third kappa shape index (κ3) is 2.20. The highest BCUT2D eigenvalue weighted by Gasteiger charge is 2.44. The summed E-state index contributed by atoms with van der Waals surface area (Å²) in [5.74, 6) is 0. The second-order valence-corrected chi connectivity index (χ2v) is 6.15. The molecule has 1 aromatic carbocycles. The summed E-state index contributed by atoms with van der Waals surface area (Å²) in [6.45, 7) is 0.565. The number of sulfonamides is 1. The molecule has 1 aromatic rings. The van der Waals surface area contributed by atoms with Gasteiger partial charge in [0.25, 0.3) is 0 Å². The minimum Gasteiger partial charge on any atom is -0.330 e. The van der Waals surface area contributed by atoms with E-state index in [1.807, 2.05) is 18.2 Å².